The number of carbonyl (C=O) groups is 2. The second-order valence-electron chi connectivity index (χ2n) is 3.24. The summed E-state index contributed by atoms with van der Waals surface area (Å²) in [6, 6.07) is -0.151. The summed E-state index contributed by atoms with van der Waals surface area (Å²) in [6.45, 7) is 8.86. The number of urea groups is 1. The van der Waals surface area contributed by atoms with Gasteiger partial charge in [0.05, 0.1) is 6.54 Å². The van der Waals surface area contributed by atoms with Crippen molar-refractivity contribution < 1.29 is 9.59 Å². The Labute approximate surface area is 83.3 Å². The van der Waals surface area contributed by atoms with Crippen LogP contribution in [0.1, 0.15) is 13.8 Å². The van der Waals surface area contributed by atoms with Crippen LogP contribution in [-0.2, 0) is 4.79 Å². The molecule has 5 nitrogen and oxygen atoms in total. The van der Waals surface area contributed by atoms with Crippen LogP contribution in [-0.4, -0.2) is 41.5 Å². The lowest BCUT2D eigenvalue weighted by atomic mass is 10.3. The maximum absolute atomic E-state index is 11.5. The molecule has 0 aliphatic carbocycles. The van der Waals surface area contributed by atoms with Gasteiger partial charge in [-0.25, -0.2) is 9.80 Å². The number of hydrazine groups is 1. The molecule has 0 saturated carbocycles. The van der Waals surface area contributed by atoms with Crippen molar-refractivity contribution in [2.45, 2.75) is 13.8 Å². The van der Waals surface area contributed by atoms with E-state index in [4.69, 9.17) is 0 Å². The van der Waals surface area contributed by atoms with E-state index in [0.717, 1.165) is 0 Å². The minimum absolute atomic E-state index is 0.151. The zero-order valence-corrected chi connectivity index (χ0v) is 8.54. The second-order valence-corrected chi connectivity index (χ2v) is 3.24. The highest BCUT2D eigenvalue weighted by molar-refractivity contribution is 5.93. The topological polar surface area (TPSA) is 52.7 Å². The lowest BCUT2D eigenvalue weighted by Gasteiger charge is -2.17. The summed E-state index contributed by atoms with van der Waals surface area (Å²) in [7, 11) is 0. The monoisotopic (exact) mass is 197 g/mol. The molecule has 0 bridgehead atoms. The van der Waals surface area contributed by atoms with Crippen molar-refractivity contribution in [3.63, 3.8) is 0 Å². The van der Waals surface area contributed by atoms with Crippen molar-refractivity contribution in [2.75, 3.05) is 19.6 Å². The normalized spacial score (nSPS) is 16.0. The van der Waals surface area contributed by atoms with Crippen LogP contribution in [0.4, 0.5) is 4.79 Å². The molecule has 0 radical (unpaired) electrons. The van der Waals surface area contributed by atoms with E-state index >= 15 is 0 Å². The molecule has 0 unspecified atom stereocenters. The molecule has 5 heteroatoms. The summed E-state index contributed by atoms with van der Waals surface area (Å²) in [4.78, 5) is 24.4. The van der Waals surface area contributed by atoms with Gasteiger partial charge < -0.3 is 4.90 Å². The first kappa shape index (κ1) is 10.6. The molecular formula is C9H15N3O2. The number of amides is 3. The van der Waals surface area contributed by atoms with Crippen molar-refractivity contribution in [1.82, 2.24) is 15.3 Å². The van der Waals surface area contributed by atoms with Crippen LogP contribution in [0.25, 0.3) is 0 Å². The van der Waals surface area contributed by atoms with E-state index in [9.17, 15) is 9.59 Å². The van der Waals surface area contributed by atoms with Crippen molar-refractivity contribution in [2.24, 2.45) is 0 Å². The molecule has 1 N–H and O–H groups in total. The molecule has 3 amide bonds. The third-order valence-corrected chi connectivity index (χ3v) is 2.10. The number of hydrogen-bond donors (Lipinski definition) is 1. The van der Waals surface area contributed by atoms with Gasteiger partial charge in [-0.1, -0.05) is 6.58 Å². The van der Waals surface area contributed by atoms with Gasteiger partial charge in [0.15, 0.2) is 0 Å². The Morgan fingerprint density at radius 1 is 1.57 bits per heavy atom. The summed E-state index contributed by atoms with van der Waals surface area (Å²) in [5.41, 5.74) is 2.89. The fourth-order valence-corrected chi connectivity index (χ4v) is 1.20. The fourth-order valence-electron chi connectivity index (χ4n) is 1.20. The van der Waals surface area contributed by atoms with E-state index in [0.29, 0.717) is 25.2 Å². The Morgan fingerprint density at radius 2 is 2.21 bits per heavy atom. The van der Waals surface area contributed by atoms with Gasteiger partial charge in [0.2, 0.25) is 0 Å². The van der Waals surface area contributed by atoms with Crippen LogP contribution in [0, 0.1) is 0 Å². The Balaban J connectivity index is 2.52. The van der Waals surface area contributed by atoms with E-state index < -0.39 is 0 Å². The molecule has 1 fully saturated rings. The molecule has 0 atom stereocenters. The van der Waals surface area contributed by atoms with Crippen molar-refractivity contribution in [3.8, 4) is 0 Å². The van der Waals surface area contributed by atoms with Crippen LogP contribution in [0.3, 0.4) is 0 Å². The van der Waals surface area contributed by atoms with Crippen molar-refractivity contribution >= 4 is 11.9 Å². The van der Waals surface area contributed by atoms with Gasteiger partial charge >= 0.3 is 6.03 Å². The minimum atomic E-state index is -0.309. The highest BCUT2D eigenvalue weighted by Crippen LogP contribution is 2.05. The molecule has 0 aromatic carbocycles. The van der Waals surface area contributed by atoms with Gasteiger partial charge in [-0.2, -0.15) is 0 Å². The molecule has 1 aliphatic rings. The van der Waals surface area contributed by atoms with Crippen LogP contribution in [0.15, 0.2) is 12.2 Å². The number of rotatable bonds is 3. The number of likely N-dealkylation sites (N-methyl/N-ethyl adjacent to an activating group) is 1. The lowest BCUT2D eigenvalue weighted by molar-refractivity contribution is -0.120. The molecule has 0 aromatic heterocycles. The average molecular weight is 197 g/mol. The van der Waals surface area contributed by atoms with Gasteiger partial charge in [-0.05, 0) is 13.8 Å². The quantitative estimate of drug-likeness (QED) is 0.664. The first-order valence-electron chi connectivity index (χ1n) is 4.59. The maximum atomic E-state index is 11.5. The predicted molar refractivity (Wildman–Crippen MR) is 52.3 cm³/mol. The van der Waals surface area contributed by atoms with Gasteiger partial charge in [-0.3, -0.25) is 10.2 Å². The van der Waals surface area contributed by atoms with Crippen molar-refractivity contribution in [1.29, 1.82) is 0 Å². The zero-order chi connectivity index (χ0) is 10.7. The summed E-state index contributed by atoms with van der Waals surface area (Å²) in [5, 5.41) is 1.32. The Hall–Kier alpha value is -1.52. The highest BCUT2D eigenvalue weighted by Gasteiger charge is 2.28. The van der Waals surface area contributed by atoms with Gasteiger partial charge in [0, 0.05) is 18.7 Å². The zero-order valence-electron chi connectivity index (χ0n) is 8.54. The lowest BCUT2D eigenvalue weighted by Crippen LogP contribution is -2.45. The molecule has 1 rings (SSSR count). The van der Waals surface area contributed by atoms with Crippen molar-refractivity contribution in [3.05, 3.63) is 12.2 Å². The Morgan fingerprint density at radius 3 is 2.64 bits per heavy atom. The Bertz CT molecular complexity index is 275. The molecule has 0 aromatic rings. The standard InChI is InChI=1S/C9H15N3O2/c1-4-11-5-6-12(9(11)14)10-8(13)7(2)3/h2,4-6H2,1,3H3,(H,10,13). The third-order valence-electron chi connectivity index (χ3n) is 2.10. The molecule has 1 aliphatic heterocycles. The molecule has 1 heterocycles. The molecule has 14 heavy (non-hydrogen) atoms. The number of hydrogen-bond acceptors (Lipinski definition) is 2. The largest absolute Gasteiger partial charge is 0.338 e. The smallest absolute Gasteiger partial charge is 0.322 e. The molecule has 0 spiro atoms. The van der Waals surface area contributed by atoms with Crippen LogP contribution in [0.2, 0.25) is 0 Å². The van der Waals surface area contributed by atoms with E-state index in [1.54, 1.807) is 11.8 Å². The summed E-state index contributed by atoms with van der Waals surface area (Å²) < 4.78 is 0. The number of carbonyl (C=O) groups excluding carboxylic acids is 2. The van der Waals surface area contributed by atoms with E-state index in [2.05, 4.69) is 12.0 Å². The minimum Gasteiger partial charge on any atom is -0.322 e. The third kappa shape index (κ3) is 2.04. The SMILES string of the molecule is C=C(C)C(=O)NN1CCN(CC)C1=O. The van der Waals surface area contributed by atoms with Crippen LogP contribution < -0.4 is 5.43 Å². The highest BCUT2D eigenvalue weighted by atomic mass is 16.2. The first-order chi connectivity index (χ1) is 6.56. The molecule has 1 saturated heterocycles. The summed E-state index contributed by atoms with van der Waals surface area (Å²) in [6.07, 6.45) is 0. The predicted octanol–water partition coefficient (Wildman–Crippen LogP) is 0.351. The Kier molecular flexibility index (Phi) is 3.11. The summed E-state index contributed by atoms with van der Waals surface area (Å²) in [5.74, 6) is -0.309. The summed E-state index contributed by atoms with van der Waals surface area (Å²) >= 11 is 0. The first-order valence-corrected chi connectivity index (χ1v) is 4.59. The van der Waals surface area contributed by atoms with E-state index in [1.807, 2.05) is 6.92 Å². The van der Waals surface area contributed by atoms with Gasteiger partial charge in [0.25, 0.3) is 5.91 Å². The van der Waals surface area contributed by atoms with Gasteiger partial charge in [-0.15, -0.1) is 0 Å². The fraction of sp³-hybridized carbons (Fsp3) is 0.556. The molecular weight excluding hydrogens is 182 g/mol. The molecule has 78 valence electrons. The van der Waals surface area contributed by atoms with Crippen LogP contribution in [0.5, 0.6) is 0 Å². The average Bonchev–Trinajstić information content (AvgIpc) is 2.47. The second kappa shape index (κ2) is 4.13. The van der Waals surface area contributed by atoms with E-state index in [-0.39, 0.29) is 11.9 Å². The number of nitrogens with zero attached hydrogens (tertiary/aromatic N) is 2. The van der Waals surface area contributed by atoms with Crippen LogP contribution >= 0.6 is 0 Å². The van der Waals surface area contributed by atoms with E-state index in [1.165, 1.54) is 5.01 Å². The van der Waals surface area contributed by atoms with Gasteiger partial charge in [0.1, 0.15) is 0 Å². The number of nitrogens with one attached hydrogen (secondary N) is 1. The maximum Gasteiger partial charge on any atom is 0.338 e.